The van der Waals surface area contributed by atoms with Crippen molar-refractivity contribution in [1.82, 2.24) is 14.7 Å². The quantitative estimate of drug-likeness (QED) is 0.750. The minimum Gasteiger partial charge on any atom is -0.378 e. The minimum absolute atomic E-state index is 0.0852. The first-order valence-corrected chi connectivity index (χ1v) is 11.4. The number of hydrogen-bond acceptors (Lipinski definition) is 5. The van der Waals surface area contributed by atoms with Crippen molar-refractivity contribution in [3.63, 3.8) is 0 Å². The highest BCUT2D eigenvalue weighted by Gasteiger charge is 2.25. The SMILES string of the molecule is O=C(CN1CCN(C(=O)c2ccc(N3CCOCC3)cc2)CC1)N1CCCCCC1. The molecule has 30 heavy (non-hydrogen) atoms. The van der Waals surface area contributed by atoms with E-state index in [1.807, 2.05) is 34.1 Å². The summed E-state index contributed by atoms with van der Waals surface area (Å²) in [4.78, 5) is 33.9. The molecule has 7 heteroatoms. The van der Waals surface area contributed by atoms with E-state index in [2.05, 4.69) is 9.80 Å². The number of carbonyl (C=O) groups excluding carboxylic acids is 2. The van der Waals surface area contributed by atoms with Crippen molar-refractivity contribution in [3.05, 3.63) is 29.8 Å². The molecule has 3 aliphatic rings. The van der Waals surface area contributed by atoms with Crippen molar-refractivity contribution >= 4 is 17.5 Å². The summed E-state index contributed by atoms with van der Waals surface area (Å²) in [6.07, 6.45) is 4.71. The van der Waals surface area contributed by atoms with E-state index in [0.29, 0.717) is 19.6 Å². The lowest BCUT2D eigenvalue weighted by atomic mass is 10.1. The van der Waals surface area contributed by atoms with Gasteiger partial charge in [0.05, 0.1) is 19.8 Å². The Bertz CT molecular complexity index is 702. The third-order valence-electron chi connectivity index (χ3n) is 6.47. The molecule has 0 aliphatic carbocycles. The molecule has 0 N–H and O–H groups in total. The molecule has 0 radical (unpaired) electrons. The van der Waals surface area contributed by atoms with E-state index < -0.39 is 0 Å². The molecule has 0 atom stereocenters. The van der Waals surface area contributed by atoms with Gasteiger partial charge in [-0.05, 0) is 37.1 Å². The maximum atomic E-state index is 12.9. The molecule has 3 fully saturated rings. The van der Waals surface area contributed by atoms with Crippen LogP contribution in [0, 0.1) is 0 Å². The second-order valence-corrected chi connectivity index (χ2v) is 8.51. The molecule has 3 aliphatic heterocycles. The van der Waals surface area contributed by atoms with E-state index in [9.17, 15) is 9.59 Å². The molecule has 0 saturated carbocycles. The number of amides is 2. The fourth-order valence-corrected chi connectivity index (χ4v) is 4.54. The van der Waals surface area contributed by atoms with Crippen LogP contribution in [0.5, 0.6) is 0 Å². The summed E-state index contributed by atoms with van der Waals surface area (Å²) in [5, 5.41) is 0. The number of benzene rings is 1. The summed E-state index contributed by atoms with van der Waals surface area (Å²) in [6.45, 7) is 8.46. The average molecular weight is 415 g/mol. The van der Waals surface area contributed by atoms with Gasteiger partial charge in [-0.3, -0.25) is 14.5 Å². The number of hydrogen-bond donors (Lipinski definition) is 0. The number of morpholine rings is 1. The van der Waals surface area contributed by atoms with Gasteiger partial charge >= 0.3 is 0 Å². The number of likely N-dealkylation sites (tertiary alicyclic amines) is 1. The topological polar surface area (TPSA) is 56.3 Å². The number of ether oxygens (including phenoxy) is 1. The zero-order chi connectivity index (χ0) is 20.8. The molecule has 4 rings (SSSR count). The van der Waals surface area contributed by atoms with Crippen LogP contribution in [0.4, 0.5) is 5.69 Å². The van der Waals surface area contributed by atoms with Crippen LogP contribution in [0.3, 0.4) is 0 Å². The van der Waals surface area contributed by atoms with Crippen molar-refractivity contribution in [3.8, 4) is 0 Å². The van der Waals surface area contributed by atoms with E-state index >= 15 is 0 Å². The summed E-state index contributed by atoms with van der Waals surface area (Å²) < 4.78 is 5.40. The van der Waals surface area contributed by atoms with Gasteiger partial charge in [-0.15, -0.1) is 0 Å². The number of anilines is 1. The Morgan fingerprint density at radius 3 is 2.00 bits per heavy atom. The van der Waals surface area contributed by atoms with Crippen LogP contribution in [-0.2, 0) is 9.53 Å². The molecule has 1 aromatic rings. The highest BCUT2D eigenvalue weighted by molar-refractivity contribution is 5.94. The summed E-state index contributed by atoms with van der Waals surface area (Å²) in [5.41, 5.74) is 1.88. The molecule has 0 spiro atoms. The third-order valence-corrected chi connectivity index (χ3v) is 6.47. The van der Waals surface area contributed by atoms with Crippen molar-refractivity contribution in [1.29, 1.82) is 0 Å². The lowest BCUT2D eigenvalue weighted by Crippen LogP contribution is -2.51. The Labute approximate surface area is 179 Å². The van der Waals surface area contributed by atoms with Gasteiger partial charge in [-0.1, -0.05) is 12.8 Å². The van der Waals surface area contributed by atoms with Crippen molar-refractivity contribution in [2.24, 2.45) is 0 Å². The summed E-state index contributed by atoms with van der Waals surface area (Å²) in [7, 11) is 0. The molecule has 3 heterocycles. The van der Waals surface area contributed by atoms with Crippen LogP contribution in [0.2, 0.25) is 0 Å². The lowest BCUT2D eigenvalue weighted by molar-refractivity contribution is -0.132. The summed E-state index contributed by atoms with van der Waals surface area (Å²) in [5.74, 6) is 0.331. The standard InChI is InChI=1S/C23H34N4O3/c28-22(26-9-3-1-2-4-10-26)19-24-11-13-27(14-12-24)23(29)20-5-7-21(8-6-20)25-15-17-30-18-16-25/h5-8H,1-4,9-19H2. The monoisotopic (exact) mass is 414 g/mol. The molecular formula is C23H34N4O3. The maximum absolute atomic E-state index is 12.9. The fourth-order valence-electron chi connectivity index (χ4n) is 4.54. The van der Waals surface area contributed by atoms with Gasteiger partial charge in [0.2, 0.25) is 5.91 Å². The highest BCUT2D eigenvalue weighted by Crippen LogP contribution is 2.18. The molecule has 0 aromatic heterocycles. The Hall–Kier alpha value is -2.12. The lowest BCUT2D eigenvalue weighted by Gasteiger charge is -2.35. The van der Waals surface area contributed by atoms with Gasteiger partial charge in [0.1, 0.15) is 0 Å². The first kappa shape index (κ1) is 21.1. The molecule has 0 unspecified atom stereocenters. The molecule has 7 nitrogen and oxygen atoms in total. The normalized spacial score (nSPS) is 21.4. The number of piperazine rings is 1. The van der Waals surface area contributed by atoms with Crippen molar-refractivity contribution < 1.29 is 14.3 Å². The van der Waals surface area contributed by atoms with Crippen LogP contribution < -0.4 is 4.90 Å². The molecule has 3 saturated heterocycles. The minimum atomic E-state index is 0.0852. The van der Waals surface area contributed by atoms with Crippen LogP contribution >= 0.6 is 0 Å². The zero-order valence-electron chi connectivity index (χ0n) is 17.9. The van der Waals surface area contributed by atoms with Crippen LogP contribution in [0.15, 0.2) is 24.3 Å². The van der Waals surface area contributed by atoms with Gasteiger partial charge < -0.3 is 19.4 Å². The third kappa shape index (κ3) is 5.32. The molecule has 1 aromatic carbocycles. The van der Waals surface area contributed by atoms with E-state index in [4.69, 9.17) is 4.74 Å². The number of rotatable bonds is 4. The van der Waals surface area contributed by atoms with E-state index in [1.54, 1.807) is 0 Å². The van der Waals surface area contributed by atoms with E-state index in [0.717, 1.165) is 76.6 Å². The predicted octanol–water partition coefficient (Wildman–Crippen LogP) is 1.68. The highest BCUT2D eigenvalue weighted by atomic mass is 16.5. The Morgan fingerprint density at radius 1 is 0.733 bits per heavy atom. The zero-order valence-corrected chi connectivity index (χ0v) is 17.9. The summed E-state index contributed by atoms with van der Waals surface area (Å²) >= 11 is 0. The molecule has 0 bridgehead atoms. The Morgan fingerprint density at radius 2 is 1.37 bits per heavy atom. The van der Waals surface area contributed by atoms with Crippen molar-refractivity contribution in [2.75, 3.05) is 77.0 Å². The maximum Gasteiger partial charge on any atom is 0.253 e. The smallest absolute Gasteiger partial charge is 0.253 e. The van der Waals surface area contributed by atoms with Gasteiger partial charge in [0, 0.05) is 63.6 Å². The first-order chi connectivity index (χ1) is 14.7. The predicted molar refractivity (Wildman–Crippen MR) is 117 cm³/mol. The van der Waals surface area contributed by atoms with Crippen LogP contribution in [0.25, 0.3) is 0 Å². The molecule has 2 amide bonds. The largest absolute Gasteiger partial charge is 0.378 e. The van der Waals surface area contributed by atoms with Crippen molar-refractivity contribution in [2.45, 2.75) is 25.7 Å². The molecule has 164 valence electrons. The second-order valence-electron chi connectivity index (χ2n) is 8.51. The first-order valence-electron chi connectivity index (χ1n) is 11.4. The van der Waals surface area contributed by atoms with Crippen LogP contribution in [0.1, 0.15) is 36.0 Å². The fraction of sp³-hybridized carbons (Fsp3) is 0.652. The molecular weight excluding hydrogens is 380 g/mol. The van der Waals surface area contributed by atoms with Crippen LogP contribution in [-0.4, -0.2) is 98.6 Å². The van der Waals surface area contributed by atoms with Gasteiger partial charge in [0.15, 0.2) is 0 Å². The van der Waals surface area contributed by atoms with Gasteiger partial charge in [0.25, 0.3) is 5.91 Å². The Kier molecular flexibility index (Phi) is 7.23. The van der Waals surface area contributed by atoms with E-state index in [1.165, 1.54) is 12.8 Å². The summed E-state index contributed by atoms with van der Waals surface area (Å²) in [6, 6.07) is 7.94. The van der Waals surface area contributed by atoms with Gasteiger partial charge in [-0.2, -0.15) is 0 Å². The Balaban J connectivity index is 1.25. The average Bonchev–Trinajstić information content (AvgIpc) is 3.10. The second kappa shape index (κ2) is 10.3. The number of nitrogens with zero attached hydrogens (tertiary/aromatic N) is 4. The number of carbonyl (C=O) groups is 2. The van der Waals surface area contributed by atoms with Gasteiger partial charge in [-0.25, -0.2) is 0 Å². The van der Waals surface area contributed by atoms with E-state index in [-0.39, 0.29) is 11.8 Å².